The molecule has 0 heterocycles. The maximum atomic E-state index is 12.3. The molecule has 0 saturated carbocycles. The van der Waals surface area contributed by atoms with E-state index in [0.29, 0.717) is 5.75 Å². The van der Waals surface area contributed by atoms with Gasteiger partial charge in [0.15, 0.2) is 0 Å². The Kier molecular flexibility index (Phi) is 4.35. The molecule has 3 nitrogen and oxygen atoms in total. The van der Waals surface area contributed by atoms with Gasteiger partial charge in [-0.3, -0.25) is 0 Å². The van der Waals surface area contributed by atoms with Gasteiger partial charge in [-0.15, -0.1) is 0 Å². The number of phenolic OH excluding ortho intramolecular Hbond substituents is 1. The van der Waals surface area contributed by atoms with Crippen LogP contribution in [0.2, 0.25) is 0 Å². The minimum atomic E-state index is -4.38. The van der Waals surface area contributed by atoms with Crippen molar-refractivity contribution in [3.8, 4) is 11.5 Å². The van der Waals surface area contributed by atoms with Crippen molar-refractivity contribution in [1.82, 2.24) is 0 Å². The van der Waals surface area contributed by atoms with E-state index in [0.717, 1.165) is 0 Å². The largest absolute Gasteiger partial charge is 0.508 e. The van der Waals surface area contributed by atoms with Crippen LogP contribution in [0, 0.1) is 0 Å². The van der Waals surface area contributed by atoms with Crippen LogP contribution in [0.3, 0.4) is 0 Å². The summed E-state index contributed by atoms with van der Waals surface area (Å²) in [6.45, 7) is 5.44. The van der Waals surface area contributed by atoms with Crippen molar-refractivity contribution in [2.75, 3.05) is 0 Å². The third-order valence-corrected chi connectivity index (χ3v) is 2.27. The van der Waals surface area contributed by atoms with Gasteiger partial charge in [-0.2, -0.15) is 13.2 Å². The molecule has 0 aromatic heterocycles. The molecule has 0 aliphatic heterocycles. The van der Waals surface area contributed by atoms with E-state index in [9.17, 15) is 18.3 Å². The van der Waals surface area contributed by atoms with Gasteiger partial charge in [-0.25, -0.2) is 0 Å². The molecule has 1 aromatic carbocycles. The molecule has 1 rings (SSSR count). The van der Waals surface area contributed by atoms with Gasteiger partial charge in [0.25, 0.3) is 0 Å². The number of benzene rings is 1. The molecule has 1 atom stereocenters. The highest BCUT2D eigenvalue weighted by Gasteiger charge is 2.32. The van der Waals surface area contributed by atoms with Crippen LogP contribution in [0.4, 0.5) is 13.2 Å². The summed E-state index contributed by atoms with van der Waals surface area (Å²) in [6, 6.07) is 2.80. The van der Waals surface area contributed by atoms with Gasteiger partial charge in [-0.05, 0) is 39.0 Å². The van der Waals surface area contributed by atoms with Crippen LogP contribution >= 0.6 is 0 Å². The summed E-state index contributed by atoms with van der Waals surface area (Å²) >= 11 is 0. The van der Waals surface area contributed by atoms with Crippen LogP contribution in [-0.4, -0.2) is 16.9 Å². The van der Waals surface area contributed by atoms with E-state index in [2.05, 4.69) is 0 Å². The molecular formula is C13H18F3NO2. The van der Waals surface area contributed by atoms with E-state index in [-0.39, 0.29) is 11.3 Å². The van der Waals surface area contributed by atoms with Gasteiger partial charge < -0.3 is 15.6 Å². The molecule has 0 aliphatic rings. The summed E-state index contributed by atoms with van der Waals surface area (Å²) in [5.41, 5.74) is 5.02. The van der Waals surface area contributed by atoms with Crippen molar-refractivity contribution < 1.29 is 23.0 Å². The van der Waals surface area contributed by atoms with E-state index >= 15 is 0 Å². The molecule has 0 bridgehead atoms. The first-order valence-electron chi connectivity index (χ1n) is 5.82. The normalized spacial score (nSPS) is 14.3. The lowest BCUT2D eigenvalue weighted by Gasteiger charge is -2.23. The maximum absolute atomic E-state index is 12.3. The summed E-state index contributed by atoms with van der Waals surface area (Å²) in [5, 5.41) is 9.60. The molecule has 0 unspecified atom stereocenters. The number of rotatable bonds is 3. The smallest absolute Gasteiger partial charge is 0.390 e. The molecular weight excluding hydrogens is 259 g/mol. The average molecular weight is 277 g/mol. The molecule has 0 amide bonds. The second-order valence-electron chi connectivity index (χ2n) is 5.36. The standard InChI is InChI=1S/C13H18F3NO2/c1-12(2,3)19-8-4-5-11(18)9(6-8)10(17)7-13(14,15)16/h4-6,10,18H,7,17H2,1-3H3/t10-/m1/s1. The average Bonchev–Trinajstić information content (AvgIpc) is 2.16. The molecule has 1 aromatic rings. The van der Waals surface area contributed by atoms with Gasteiger partial charge >= 0.3 is 6.18 Å². The topological polar surface area (TPSA) is 55.5 Å². The first kappa shape index (κ1) is 15.6. The van der Waals surface area contributed by atoms with Gasteiger partial charge in [0.1, 0.15) is 17.1 Å². The summed E-state index contributed by atoms with van der Waals surface area (Å²) in [4.78, 5) is 0. The number of alkyl halides is 3. The number of nitrogens with two attached hydrogens (primary N) is 1. The Morgan fingerprint density at radius 1 is 1.26 bits per heavy atom. The van der Waals surface area contributed by atoms with Crippen LogP contribution in [0.1, 0.15) is 38.8 Å². The number of hydrogen-bond acceptors (Lipinski definition) is 3. The third kappa shape index (κ3) is 5.38. The fourth-order valence-corrected chi connectivity index (χ4v) is 1.61. The minimum Gasteiger partial charge on any atom is -0.508 e. The van der Waals surface area contributed by atoms with Crippen molar-refractivity contribution in [3.63, 3.8) is 0 Å². The first-order valence-corrected chi connectivity index (χ1v) is 5.82. The van der Waals surface area contributed by atoms with E-state index < -0.39 is 24.2 Å². The number of hydrogen-bond donors (Lipinski definition) is 2. The van der Waals surface area contributed by atoms with Crippen molar-refractivity contribution in [1.29, 1.82) is 0 Å². The Morgan fingerprint density at radius 3 is 2.32 bits per heavy atom. The zero-order valence-corrected chi connectivity index (χ0v) is 11.1. The van der Waals surface area contributed by atoms with Crippen LogP contribution in [0.15, 0.2) is 18.2 Å². The molecule has 19 heavy (non-hydrogen) atoms. The van der Waals surface area contributed by atoms with Crippen LogP contribution in [-0.2, 0) is 0 Å². The summed E-state index contributed by atoms with van der Waals surface area (Å²) < 4.78 is 42.4. The fourth-order valence-electron chi connectivity index (χ4n) is 1.61. The van der Waals surface area contributed by atoms with Crippen molar-refractivity contribution >= 4 is 0 Å². The number of phenols is 1. The molecule has 3 N–H and O–H groups in total. The molecule has 108 valence electrons. The zero-order valence-electron chi connectivity index (χ0n) is 11.1. The van der Waals surface area contributed by atoms with Gasteiger partial charge in [-0.1, -0.05) is 0 Å². The monoisotopic (exact) mass is 277 g/mol. The number of halogens is 3. The Balaban J connectivity index is 2.97. The van der Waals surface area contributed by atoms with Crippen molar-refractivity contribution in [2.45, 2.75) is 45.0 Å². The van der Waals surface area contributed by atoms with E-state index in [1.807, 2.05) is 20.8 Å². The van der Waals surface area contributed by atoms with Crippen LogP contribution < -0.4 is 10.5 Å². The van der Waals surface area contributed by atoms with Gasteiger partial charge in [0.05, 0.1) is 6.42 Å². The van der Waals surface area contributed by atoms with Gasteiger partial charge in [0.2, 0.25) is 0 Å². The lowest BCUT2D eigenvalue weighted by molar-refractivity contribution is -0.138. The highest BCUT2D eigenvalue weighted by Crippen LogP contribution is 2.34. The highest BCUT2D eigenvalue weighted by molar-refractivity contribution is 5.41. The molecule has 0 saturated heterocycles. The van der Waals surface area contributed by atoms with Crippen molar-refractivity contribution in [3.05, 3.63) is 23.8 Å². The van der Waals surface area contributed by atoms with Crippen LogP contribution in [0.25, 0.3) is 0 Å². The first-order chi connectivity index (χ1) is 8.48. The van der Waals surface area contributed by atoms with Gasteiger partial charge in [0, 0.05) is 11.6 Å². The Morgan fingerprint density at radius 2 is 1.84 bits per heavy atom. The Hall–Kier alpha value is -1.43. The molecule has 0 spiro atoms. The van der Waals surface area contributed by atoms with Crippen molar-refractivity contribution in [2.24, 2.45) is 5.73 Å². The predicted molar refractivity (Wildman–Crippen MR) is 66.1 cm³/mol. The van der Waals surface area contributed by atoms with Crippen LogP contribution in [0.5, 0.6) is 11.5 Å². The minimum absolute atomic E-state index is 0.0269. The number of ether oxygens (including phenoxy) is 1. The summed E-state index contributed by atoms with van der Waals surface area (Å²) in [6.07, 6.45) is -5.58. The third-order valence-electron chi connectivity index (χ3n) is 2.27. The lowest BCUT2D eigenvalue weighted by Crippen LogP contribution is -2.23. The summed E-state index contributed by atoms with van der Waals surface area (Å²) in [5.74, 6) is 0.107. The van der Waals surface area contributed by atoms with E-state index in [1.165, 1.54) is 18.2 Å². The number of aromatic hydroxyl groups is 1. The SMILES string of the molecule is CC(C)(C)Oc1ccc(O)c([C@H](N)CC(F)(F)F)c1. The van der Waals surface area contributed by atoms with E-state index in [4.69, 9.17) is 10.5 Å². The molecule has 0 aliphatic carbocycles. The highest BCUT2D eigenvalue weighted by atomic mass is 19.4. The second-order valence-corrected chi connectivity index (χ2v) is 5.36. The molecule has 0 fully saturated rings. The Bertz CT molecular complexity index is 438. The Labute approximate surface area is 110 Å². The molecule has 6 heteroatoms. The quantitative estimate of drug-likeness (QED) is 0.888. The fraction of sp³-hybridized carbons (Fsp3) is 0.538. The lowest BCUT2D eigenvalue weighted by atomic mass is 10.0. The zero-order chi connectivity index (χ0) is 14.8. The predicted octanol–water partition coefficient (Wildman–Crippen LogP) is 3.52. The second kappa shape index (κ2) is 5.28. The molecule has 0 radical (unpaired) electrons. The maximum Gasteiger partial charge on any atom is 0.390 e. The van der Waals surface area contributed by atoms with E-state index in [1.54, 1.807) is 0 Å². The summed E-state index contributed by atoms with van der Waals surface area (Å²) in [7, 11) is 0.